The number of nitrogens with one attached hydrogen (secondary N) is 1. The number of carbonyl (C=O) groups is 2. The molecule has 0 aromatic heterocycles. The van der Waals surface area contributed by atoms with Crippen LogP contribution in [0.25, 0.3) is 0 Å². The van der Waals surface area contributed by atoms with Crippen molar-refractivity contribution >= 4 is 46.5 Å². The monoisotopic (exact) mass is 406 g/mol. The van der Waals surface area contributed by atoms with Crippen LogP contribution in [0.5, 0.6) is 0 Å². The number of nitrogens with two attached hydrogens (primary N) is 1. The van der Waals surface area contributed by atoms with Crippen molar-refractivity contribution in [3.05, 3.63) is 57.6 Å². The number of nitrogen functional groups attached to an aromatic ring is 1. The van der Waals surface area contributed by atoms with E-state index < -0.39 is 35.9 Å². The predicted octanol–water partition coefficient (Wildman–Crippen LogP) is 4.39. The van der Waals surface area contributed by atoms with Crippen molar-refractivity contribution in [2.24, 2.45) is 0 Å². The Morgan fingerprint density at radius 3 is 2.42 bits per heavy atom. The largest absolute Gasteiger partial charge is 0.452 e. The Bertz CT molecular complexity index is 857. The number of ether oxygens (including phenoxy) is 1. The first-order valence-corrected chi connectivity index (χ1v) is 7.72. The standard InChI is InChI=1S/C16H11Cl2F3N2O3/c17-9-2-4-13(10(6-9)16(19,20)21)23-14(24)7-26-15(25)8-1-3-11(18)12(22)5-8/h1-6H,7,22H2,(H,23,24). The second-order valence-corrected chi connectivity index (χ2v) is 5.89. The van der Waals surface area contributed by atoms with Crippen molar-refractivity contribution in [3.63, 3.8) is 0 Å². The summed E-state index contributed by atoms with van der Waals surface area (Å²) in [5, 5.41) is 2.13. The number of hydrogen-bond donors (Lipinski definition) is 2. The third-order valence-corrected chi connectivity index (χ3v) is 3.71. The van der Waals surface area contributed by atoms with Crippen molar-refractivity contribution in [3.8, 4) is 0 Å². The third kappa shape index (κ3) is 5.03. The van der Waals surface area contributed by atoms with Gasteiger partial charge in [0.1, 0.15) is 0 Å². The molecule has 0 spiro atoms. The van der Waals surface area contributed by atoms with Crippen LogP contribution in [0.15, 0.2) is 36.4 Å². The smallest absolute Gasteiger partial charge is 0.418 e. The Morgan fingerprint density at radius 2 is 1.81 bits per heavy atom. The molecule has 0 saturated carbocycles. The van der Waals surface area contributed by atoms with E-state index in [1.807, 2.05) is 5.32 Å². The Kier molecular flexibility index (Phi) is 5.99. The summed E-state index contributed by atoms with van der Waals surface area (Å²) in [7, 11) is 0. The SMILES string of the molecule is Nc1cc(C(=O)OCC(=O)Nc2ccc(Cl)cc2C(F)(F)F)ccc1Cl. The molecule has 0 fully saturated rings. The fourth-order valence-corrected chi connectivity index (χ4v) is 2.22. The van der Waals surface area contributed by atoms with E-state index in [2.05, 4.69) is 0 Å². The van der Waals surface area contributed by atoms with E-state index in [0.29, 0.717) is 6.07 Å². The van der Waals surface area contributed by atoms with Gasteiger partial charge in [0, 0.05) is 5.02 Å². The molecule has 1 amide bonds. The number of alkyl halides is 3. The molecular formula is C16H11Cl2F3N2O3. The Hall–Kier alpha value is -2.45. The number of hydrogen-bond acceptors (Lipinski definition) is 4. The van der Waals surface area contributed by atoms with Crippen molar-refractivity contribution in [1.29, 1.82) is 0 Å². The molecule has 2 aromatic carbocycles. The lowest BCUT2D eigenvalue weighted by Gasteiger charge is -2.14. The van der Waals surface area contributed by atoms with Gasteiger partial charge in [0.2, 0.25) is 0 Å². The molecule has 0 atom stereocenters. The van der Waals surface area contributed by atoms with Gasteiger partial charge >= 0.3 is 12.1 Å². The van der Waals surface area contributed by atoms with E-state index in [0.717, 1.165) is 6.07 Å². The summed E-state index contributed by atoms with van der Waals surface area (Å²) in [4.78, 5) is 23.6. The van der Waals surface area contributed by atoms with Gasteiger partial charge in [0.15, 0.2) is 6.61 Å². The normalized spacial score (nSPS) is 11.1. The van der Waals surface area contributed by atoms with Gasteiger partial charge in [-0.05, 0) is 36.4 Å². The maximum absolute atomic E-state index is 13.0. The van der Waals surface area contributed by atoms with Gasteiger partial charge in [0.05, 0.1) is 27.5 Å². The van der Waals surface area contributed by atoms with Crippen molar-refractivity contribution in [1.82, 2.24) is 0 Å². The topological polar surface area (TPSA) is 81.4 Å². The molecule has 0 unspecified atom stereocenters. The highest BCUT2D eigenvalue weighted by atomic mass is 35.5. The summed E-state index contributed by atoms with van der Waals surface area (Å²) < 4.78 is 43.6. The molecule has 2 rings (SSSR count). The highest BCUT2D eigenvalue weighted by Crippen LogP contribution is 2.36. The third-order valence-electron chi connectivity index (χ3n) is 3.13. The summed E-state index contributed by atoms with van der Waals surface area (Å²) >= 11 is 11.3. The fourth-order valence-electron chi connectivity index (χ4n) is 1.93. The van der Waals surface area contributed by atoms with E-state index >= 15 is 0 Å². The number of benzene rings is 2. The van der Waals surface area contributed by atoms with Crippen LogP contribution in [0.2, 0.25) is 10.0 Å². The molecule has 0 aliphatic rings. The first-order chi connectivity index (χ1) is 12.1. The molecule has 0 aliphatic heterocycles. The second kappa shape index (κ2) is 7.84. The lowest BCUT2D eigenvalue weighted by Crippen LogP contribution is -2.22. The van der Waals surface area contributed by atoms with Crippen LogP contribution in [0, 0.1) is 0 Å². The zero-order valence-electron chi connectivity index (χ0n) is 12.9. The number of esters is 1. The maximum Gasteiger partial charge on any atom is 0.418 e. The van der Waals surface area contributed by atoms with Crippen LogP contribution in [0.4, 0.5) is 24.5 Å². The molecule has 0 saturated heterocycles. The number of amides is 1. The molecule has 0 radical (unpaired) electrons. The predicted molar refractivity (Wildman–Crippen MR) is 91.2 cm³/mol. The number of halogens is 5. The Balaban J connectivity index is 2.03. The van der Waals surface area contributed by atoms with E-state index in [-0.39, 0.29) is 21.3 Å². The van der Waals surface area contributed by atoms with Crippen LogP contribution in [-0.2, 0) is 15.7 Å². The van der Waals surface area contributed by atoms with Crippen molar-refractivity contribution < 1.29 is 27.5 Å². The minimum atomic E-state index is -4.72. The van der Waals surface area contributed by atoms with Crippen molar-refractivity contribution in [2.75, 3.05) is 17.7 Å². The lowest BCUT2D eigenvalue weighted by atomic mass is 10.1. The molecule has 26 heavy (non-hydrogen) atoms. The fraction of sp³-hybridized carbons (Fsp3) is 0.125. The average molecular weight is 407 g/mol. The minimum absolute atomic E-state index is 0.0437. The lowest BCUT2D eigenvalue weighted by molar-refractivity contribution is -0.137. The van der Waals surface area contributed by atoms with Gasteiger partial charge in [-0.3, -0.25) is 4.79 Å². The molecular weight excluding hydrogens is 396 g/mol. The van der Waals surface area contributed by atoms with Gasteiger partial charge in [-0.15, -0.1) is 0 Å². The first kappa shape index (κ1) is 19.9. The molecule has 0 aliphatic carbocycles. The maximum atomic E-state index is 13.0. The molecule has 0 heterocycles. The molecule has 10 heteroatoms. The second-order valence-electron chi connectivity index (χ2n) is 5.05. The van der Waals surface area contributed by atoms with E-state index in [9.17, 15) is 22.8 Å². The average Bonchev–Trinajstić information content (AvgIpc) is 2.56. The van der Waals surface area contributed by atoms with Crippen LogP contribution in [-0.4, -0.2) is 18.5 Å². The van der Waals surface area contributed by atoms with Crippen LogP contribution in [0.1, 0.15) is 15.9 Å². The first-order valence-electron chi connectivity index (χ1n) is 6.96. The summed E-state index contributed by atoms with van der Waals surface area (Å²) in [6, 6.07) is 6.83. The summed E-state index contributed by atoms with van der Waals surface area (Å²) in [5.74, 6) is -1.83. The van der Waals surface area contributed by atoms with Gasteiger partial charge in [-0.2, -0.15) is 13.2 Å². The van der Waals surface area contributed by atoms with Crippen LogP contribution < -0.4 is 11.1 Å². The van der Waals surface area contributed by atoms with Gasteiger partial charge in [-0.25, -0.2) is 4.79 Å². The number of rotatable bonds is 4. The highest BCUT2D eigenvalue weighted by Gasteiger charge is 2.34. The Labute approximate surface area is 155 Å². The molecule has 3 N–H and O–H groups in total. The minimum Gasteiger partial charge on any atom is -0.452 e. The molecule has 0 bridgehead atoms. The quantitative estimate of drug-likeness (QED) is 0.582. The van der Waals surface area contributed by atoms with Gasteiger partial charge in [0.25, 0.3) is 5.91 Å². The summed E-state index contributed by atoms with van der Waals surface area (Å²) in [5.41, 5.74) is 4.12. The van der Waals surface area contributed by atoms with Crippen LogP contribution in [0.3, 0.4) is 0 Å². The molecule has 2 aromatic rings. The van der Waals surface area contributed by atoms with E-state index in [1.165, 1.54) is 24.3 Å². The summed E-state index contributed by atoms with van der Waals surface area (Å²) in [6.45, 7) is -0.790. The van der Waals surface area contributed by atoms with Crippen LogP contribution >= 0.6 is 23.2 Å². The zero-order chi connectivity index (χ0) is 19.5. The highest BCUT2D eigenvalue weighted by molar-refractivity contribution is 6.33. The van der Waals surface area contributed by atoms with Crippen molar-refractivity contribution in [2.45, 2.75) is 6.18 Å². The zero-order valence-corrected chi connectivity index (χ0v) is 14.4. The number of carbonyl (C=O) groups excluding carboxylic acids is 2. The van der Waals surface area contributed by atoms with E-state index in [4.69, 9.17) is 33.7 Å². The Morgan fingerprint density at radius 1 is 1.12 bits per heavy atom. The van der Waals surface area contributed by atoms with Gasteiger partial charge in [-0.1, -0.05) is 23.2 Å². The number of anilines is 2. The van der Waals surface area contributed by atoms with E-state index in [1.54, 1.807) is 0 Å². The summed E-state index contributed by atoms with van der Waals surface area (Å²) in [6.07, 6.45) is -4.72. The van der Waals surface area contributed by atoms with Gasteiger partial charge < -0.3 is 15.8 Å². The molecule has 5 nitrogen and oxygen atoms in total. The molecule has 138 valence electrons.